The van der Waals surface area contributed by atoms with Gasteiger partial charge in [-0.05, 0) is 20.8 Å². The van der Waals surface area contributed by atoms with Crippen molar-refractivity contribution in [2.45, 2.75) is 38.8 Å². The summed E-state index contributed by atoms with van der Waals surface area (Å²) in [5.74, 6) is -0.817. The maximum absolute atomic E-state index is 11.4. The first-order chi connectivity index (χ1) is 5.96. The second kappa shape index (κ2) is 3.46. The third kappa shape index (κ3) is 2.28. The van der Waals surface area contributed by atoms with E-state index < -0.39 is 11.9 Å². The molecule has 0 saturated carbocycles. The molecule has 0 aromatic rings. The first-order valence-corrected chi connectivity index (χ1v) is 4.21. The molecule has 72 valence electrons. The highest BCUT2D eigenvalue weighted by atomic mass is 16.8. The highest BCUT2D eigenvalue weighted by molar-refractivity contribution is 5.94. The number of ether oxygens (including phenoxy) is 2. The smallest absolute Gasteiger partial charge is 0.194 e. The number of carbonyl (C=O) groups excluding carboxylic acids is 1. The van der Waals surface area contributed by atoms with Crippen LogP contribution < -0.4 is 0 Å². The largest absolute Gasteiger partial charge is 0.344 e. The summed E-state index contributed by atoms with van der Waals surface area (Å²) in [7, 11) is 0. The van der Waals surface area contributed by atoms with Crippen LogP contribution >= 0.6 is 0 Å². The van der Waals surface area contributed by atoms with Crippen LogP contribution in [-0.2, 0) is 14.3 Å². The molecule has 0 aliphatic carbocycles. The SMILES string of the molecule is C=C=CC(=O)[C@@H]1OC(C)(C)O[C@H]1C. The van der Waals surface area contributed by atoms with Gasteiger partial charge in [-0.3, -0.25) is 4.79 Å². The van der Waals surface area contributed by atoms with Crippen molar-refractivity contribution in [2.24, 2.45) is 0 Å². The van der Waals surface area contributed by atoms with E-state index in [-0.39, 0.29) is 11.9 Å². The number of hydrogen-bond donors (Lipinski definition) is 0. The fourth-order valence-corrected chi connectivity index (χ4v) is 1.41. The van der Waals surface area contributed by atoms with Crippen molar-refractivity contribution in [3.8, 4) is 0 Å². The maximum atomic E-state index is 11.4. The monoisotopic (exact) mass is 182 g/mol. The summed E-state index contributed by atoms with van der Waals surface area (Å²) in [6, 6.07) is 0. The Kier molecular flexibility index (Phi) is 2.71. The average molecular weight is 182 g/mol. The quantitative estimate of drug-likeness (QED) is 0.479. The molecular weight excluding hydrogens is 168 g/mol. The van der Waals surface area contributed by atoms with Crippen molar-refractivity contribution in [1.29, 1.82) is 0 Å². The highest BCUT2D eigenvalue weighted by Crippen LogP contribution is 2.28. The second-order valence-electron chi connectivity index (χ2n) is 3.51. The van der Waals surface area contributed by atoms with Crippen molar-refractivity contribution in [1.82, 2.24) is 0 Å². The zero-order valence-electron chi connectivity index (χ0n) is 8.16. The summed E-state index contributed by atoms with van der Waals surface area (Å²) < 4.78 is 10.8. The van der Waals surface area contributed by atoms with Gasteiger partial charge in [0.2, 0.25) is 0 Å². The molecule has 2 atom stereocenters. The molecule has 0 unspecified atom stereocenters. The summed E-state index contributed by atoms with van der Waals surface area (Å²) in [5, 5.41) is 0. The van der Waals surface area contributed by atoms with E-state index in [0.29, 0.717) is 0 Å². The topological polar surface area (TPSA) is 35.5 Å². The Bertz CT molecular complexity index is 261. The van der Waals surface area contributed by atoms with Crippen molar-refractivity contribution in [3.05, 3.63) is 18.4 Å². The Balaban J connectivity index is 2.73. The zero-order chi connectivity index (χ0) is 10.1. The Morgan fingerprint density at radius 3 is 2.54 bits per heavy atom. The van der Waals surface area contributed by atoms with Gasteiger partial charge in [-0.1, -0.05) is 6.58 Å². The molecule has 1 aliphatic rings. The van der Waals surface area contributed by atoms with Crippen LogP contribution in [0.3, 0.4) is 0 Å². The molecule has 3 heteroatoms. The van der Waals surface area contributed by atoms with Crippen LogP contribution in [0, 0.1) is 0 Å². The normalized spacial score (nSPS) is 31.0. The first-order valence-electron chi connectivity index (χ1n) is 4.21. The van der Waals surface area contributed by atoms with E-state index in [2.05, 4.69) is 12.3 Å². The lowest BCUT2D eigenvalue weighted by molar-refractivity contribution is -0.152. The molecule has 1 saturated heterocycles. The molecule has 1 heterocycles. The van der Waals surface area contributed by atoms with Crippen LogP contribution in [0.4, 0.5) is 0 Å². The highest BCUT2D eigenvalue weighted by Gasteiger charge is 2.41. The molecule has 0 aromatic heterocycles. The zero-order valence-corrected chi connectivity index (χ0v) is 8.16. The van der Waals surface area contributed by atoms with Crippen LogP contribution in [0.25, 0.3) is 0 Å². The van der Waals surface area contributed by atoms with Crippen LogP contribution in [0.15, 0.2) is 18.4 Å². The Hall–Kier alpha value is -0.890. The molecule has 0 N–H and O–H groups in total. The minimum Gasteiger partial charge on any atom is -0.344 e. The van der Waals surface area contributed by atoms with Gasteiger partial charge in [0.05, 0.1) is 6.10 Å². The van der Waals surface area contributed by atoms with E-state index in [1.165, 1.54) is 6.08 Å². The predicted octanol–water partition coefficient (Wildman–Crippen LogP) is 1.44. The Morgan fingerprint density at radius 2 is 2.15 bits per heavy atom. The van der Waals surface area contributed by atoms with Gasteiger partial charge in [0.25, 0.3) is 0 Å². The standard InChI is InChI=1S/C10H14O3/c1-5-6-8(11)9-7(2)12-10(3,4)13-9/h6-7,9H,1H2,2-4H3/t7-,9+/m0/s1. The van der Waals surface area contributed by atoms with Gasteiger partial charge in [0.15, 0.2) is 11.6 Å². The van der Waals surface area contributed by atoms with E-state index in [9.17, 15) is 4.79 Å². The Morgan fingerprint density at radius 1 is 1.54 bits per heavy atom. The maximum Gasteiger partial charge on any atom is 0.194 e. The van der Waals surface area contributed by atoms with Gasteiger partial charge < -0.3 is 9.47 Å². The van der Waals surface area contributed by atoms with Crippen molar-refractivity contribution < 1.29 is 14.3 Å². The van der Waals surface area contributed by atoms with Gasteiger partial charge in [0, 0.05) is 6.08 Å². The van der Waals surface area contributed by atoms with Gasteiger partial charge in [0.1, 0.15) is 6.10 Å². The van der Waals surface area contributed by atoms with Crippen LogP contribution in [0.1, 0.15) is 20.8 Å². The van der Waals surface area contributed by atoms with Crippen molar-refractivity contribution >= 4 is 5.78 Å². The minimum absolute atomic E-state index is 0.145. The first kappa shape index (κ1) is 10.2. The summed E-state index contributed by atoms with van der Waals surface area (Å²) >= 11 is 0. The van der Waals surface area contributed by atoms with Gasteiger partial charge in [-0.15, -0.1) is 5.73 Å². The third-order valence-corrected chi connectivity index (χ3v) is 1.83. The number of ketones is 1. The van der Waals surface area contributed by atoms with E-state index in [0.717, 1.165) is 0 Å². The molecule has 0 amide bonds. The fourth-order valence-electron chi connectivity index (χ4n) is 1.41. The van der Waals surface area contributed by atoms with E-state index in [4.69, 9.17) is 9.47 Å². The van der Waals surface area contributed by atoms with E-state index in [1.807, 2.05) is 6.92 Å². The number of carbonyl (C=O) groups is 1. The van der Waals surface area contributed by atoms with Crippen LogP contribution in [0.5, 0.6) is 0 Å². The van der Waals surface area contributed by atoms with Crippen LogP contribution in [0.2, 0.25) is 0 Å². The Labute approximate surface area is 78.0 Å². The molecule has 1 fully saturated rings. The molecule has 3 nitrogen and oxygen atoms in total. The summed E-state index contributed by atoms with van der Waals surface area (Å²) in [5.41, 5.74) is 2.43. The molecule has 0 bridgehead atoms. The summed E-state index contributed by atoms with van der Waals surface area (Å²) in [6.45, 7) is 8.72. The van der Waals surface area contributed by atoms with Gasteiger partial charge in [-0.2, -0.15) is 0 Å². The second-order valence-corrected chi connectivity index (χ2v) is 3.51. The fraction of sp³-hybridized carbons (Fsp3) is 0.600. The molecule has 1 aliphatic heterocycles. The van der Waals surface area contributed by atoms with Crippen LogP contribution in [-0.4, -0.2) is 23.8 Å². The van der Waals surface area contributed by atoms with Crippen molar-refractivity contribution in [2.75, 3.05) is 0 Å². The molecule has 13 heavy (non-hydrogen) atoms. The third-order valence-electron chi connectivity index (χ3n) is 1.83. The van der Waals surface area contributed by atoms with E-state index >= 15 is 0 Å². The molecule has 0 radical (unpaired) electrons. The molecule has 0 spiro atoms. The molecular formula is C10H14O3. The summed E-state index contributed by atoms with van der Waals surface area (Å²) in [4.78, 5) is 11.4. The lowest BCUT2D eigenvalue weighted by Crippen LogP contribution is -2.28. The van der Waals surface area contributed by atoms with Crippen molar-refractivity contribution in [3.63, 3.8) is 0 Å². The van der Waals surface area contributed by atoms with Gasteiger partial charge in [-0.25, -0.2) is 0 Å². The minimum atomic E-state index is -0.672. The van der Waals surface area contributed by atoms with E-state index in [1.54, 1.807) is 13.8 Å². The molecule has 1 rings (SSSR count). The lowest BCUT2D eigenvalue weighted by Gasteiger charge is -2.15. The lowest BCUT2D eigenvalue weighted by atomic mass is 10.1. The number of hydrogen-bond acceptors (Lipinski definition) is 3. The predicted molar refractivity (Wildman–Crippen MR) is 48.2 cm³/mol. The van der Waals surface area contributed by atoms with Gasteiger partial charge >= 0.3 is 0 Å². The number of rotatable bonds is 2. The average Bonchev–Trinajstić information content (AvgIpc) is 2.25. The molecule has 0 aromatic carbocycles. The summed E-state index contributed by atoms with van der Waals surface area (Å²) in [6.07, 6.45) is 0.544.